The first-order valence-electron chi connectivity index (χ1n) is 6.24. The van der Waals surface area contributed by atoms with Crippen LogP contribution < -0.4 is 5.32 Å². The number of rotatable bonds is 2. The second-order valence-electron chi connectivity index (χ2n) is 4.83. The highest BCUT2D eigenvalue weighted by Crippen LogP contribution is 2.35. The van der Waals surface area contributed by atoms with Gasteiger partial charge in [-0.3, -0.25) is 0 Å². The van der Waals surface area contributed by atoms with E-state index < -0.39 is 17.5 Å². The van der Waals surface area contributed by atoms with Crippen molar-refractivity contribution in [3.63, 3.8) is 0 Å². The number of halogens is 4. The number of aryl methyl sites for hydroxylation is 1. The van der Waals surface area contributed by atoms with Gasteiger partial charge in [-0.1, -0.05) is 22.0 Å². The molecular weight excluding hydrogens is 331 g/mol. The van der Waals surface area contributed by atoms with Gasteiger partial charge in [0, 0.05) is 22.3 Å². The van der Waals surface area contributed by atoms with Crippen LogP contribution >= 0.6 is 15.9 Å². The Hall–Kier alpha value is -1.49. The van der Waals surface area contributed by atoms with Gasteiger partial charge in [-0.15, -0.1) is 0 Å². The lowest BCUT2D eigenvalue weighted by Gasteiger charge is -2.16. The van der Waals surface area contributed by atoms with Crippen molar-refractivity contribution in [2.45, 2.75) is 18.9 Å². The molecule has 3 rings (SSSR count). The summed E-state index contributed by atoms with van der Waals surface area (Å²) in [7, 11) is 0. The number of fused-ring (bicyclic) bond motifs is 1. The molecule has 0 aliphatic heterocycles. The Bertz CT molecular complexity index is 649. The number of anilines is 1. The molecule has 2 aromatic rings. The van der Waals surface area contributed by atoms with E-state index in [0.29, 0.717) is 0 Å². The van der Waals surface area contributed by atoms with E-state index in [1.165, 1.54) is 5.56 Å². The van der Waals surface area contributed by atoms with E-state index in [-0.39, 0.29) is 11.7 Å². The van der Waals surface area contributed by atoms with Crippen molar-refractivity contribution in [1.82, 2.24) is 0 Å². The van der Waals surface area contributed by atoms with Gasteiger partial charge in [-0.05, 0) is 36.1 Å². The van der Waals surface area contributed by atoms with Crippen LogP contribution in [0.2, 0.25) is 0 Å². The first-order valence-corrected chi connectivity index (χ1v) is 7.03. The highest BCUT2D eigenvalue weighted by atomic mass is 79.9. The molecule has 0 bridgehead atoms. The Morgan fingerprint density at radius 1 is 1.05 bits per heavy atom. The minimum absolute atomic E-state index is 0.0117. The Balaban J connectivity index is 1.87. The summed E-state index contributed by atoms with van der Waals surface area (Å²) >= 11 is 3.42. The molecule has 0 radical (unpaired) electrons. The summed E-state index contributed by atoms with van der Waals surface area (Å²) in [5, 5.41) is 3.06. The van der Waals surface area contributed by atoms with Crippen LogP contribution in [0.5, 0.6) is 0 Å². The van der Waals surface area contributed by atoms with Gasteiger partial charge >= 0.3 is 0 Å². The minimum Gasteiger partial charge on any atom is -0.378 e. The van der Waals surface area contributed by atoms with Crippen molar-refractivity contribution in [2.24, 2.45) is 0 Å². The Labute approximate surface area is 122 Å². The normalized spacial score (nSPS) is 17.1. The minimum atomic E-state index is -1.44. The van der Waals surface area contributed by atoms with Crippen LogP contribution in [0.1, 0.15) is 23.6 Å². The third-order valence-corrected chi connectivity index (χ3v) is 4.00. The molecule has 0 saturated heterocycles. The van der Waals surface area contributed by atoms with E-state index in [9.17, 15) is 13.2 Å². The maximum absolute atomic E-state index is 13.2. The fourth-order valence-electron chi connectivity index (χ4n) is 2.58. The Kier molecular flexibility index (Phi) is 3.46. The molecule has 104 valence electrons. The highest BCUT2D eigenvalue weighted by Gasteiger charge is 2.23. The van der Waals surface area contributed by atoms with E-state index in [1.807, 2.05) is 18.2 Å². The molecule has 1 atom stereocenters. The molecule has 1 aliphatic rings. The zero-order chi connectivity index (χ0) is 14.3. The lowest BCUT2D eigenvalue weighted by molar-refractivity contribution is 0.447. The van der Waals surface area contributed by atoms with Crippen LogP contribution in [0.4, 0.5) is 18.9 Å². The number of hydrogen-bond donors (Lipinski definition) is 1. The molecule has 5 heteroatoms. The summed E-state index contributed by atoms with van der Waals surface area (Å²) in [5.74, 6) is -3.80. The molecule has 1 N–H and O–H groups in total. The first kappa shape index (κ1) is 13.5. The van der Waals surface area contributed by atoms with Crippen molar-refractivity contribution < 1.29 is 13.2 Å². The second-order valence-corrected chi connectivity index (χ2v) is 5.75. The average Bonchev–Trinajstić information content (AvgIpc) is 2.78. The largest absolute Gasteiger partial charge is 0.378 e. The zero-order valence-electron chi connectivity index (χ0n) is 10.4. The molecule has 0 spiro atoms. The van der Waals surface area contributed by atoms with Crippen molar-refractivity contribution in [3.8, 4) is 0 Å². The molecule has 20 heavy (non-hydrogen) atoms. The fraction of sp³-hybridized carbons (Fsp3) is 0.200. The second kappa shape index (κ2) is 5.13. The van der Waals surface area contributed by atoms with Gasteiger partial charge in [0.05, 0.1) is 6.04 Å². The van der Waals surface area contributed by atoms with Crippen LogP contribution in [-0.4, -0.2) is 0 Å². The molecule has 2 aromatic carbocycles. The average molecular weight is 342 g/mol. The Morgan fingerprint density at radius 3 is 2.45 bits per heavy atom. The van der Waals surface area contributed by atoms with Crippen LogP contribution in [0.25, 0.3) is 0 Å². The topological polar surface area (TPSA) is 12.0 Å². The molecule has 0 fully saturated rings. The van der Waals surface area contributed by atoms with Gasteiger partial charge in [0.2, 0.25) is 0 Å². The monoisotopic (exact) mass is 341 g/mol. The summed E-state index contributed by atoms with van der Waals surface area (Å²) in [4.78, 5) is 0. The van der Waals surface area contributed by atoms with E-state index in [2.05, 4.69) is 21.2 Å². The summed E-state index contributed by atoms with van der Waals surface area (Å²) in [6, 6.07) is 7.92. The molecule has 0 saturated carbocycles. The predicted octanol–water partition coefficient (Wildman–Crippen LogP) is 4.97. The third kappa shape index (κ3) is 2.42. The summed E-state index contributed by atoms with van der Waals surface area (Å²) in [5.41, 5.74) is 2.57. The van der Waals surface area contributed by atoms with Gasteiger partial charge in [0.15, 0.2) is 17.5 Å². The van der Waals surface area contributed by atoms with Crippen LogP contribution in [-0.2, 0) is 6.42 Å². The maximum atomic E-state index is 13.2. The van der Waals surface area contributed by atoms with Gasteiger partial charge in [0.25, 0.3) is 0 Å². The predicted molar refractivity (Wildman–Crippen MR) is 75.1 cm³/mol. The highest BCUT2D eigenvalue weighted by molar-refractivity contribution is 9.10. The van der Waals surface area contributed by atoms with Gasteiger partial charge in [-0.25, -0.2) is 13.2 Å². The van der Waals surface area contributed by atoms with Crippen molar-refractivity contribution >= 4 is 21.6 Å². The molecule has 1 nitrogen and oxygen atoms in total. The van der Waals surface area contributed by atoms with E-state index >= 15 is 0 Å². The molecule has 0 amide bonds. The SMILES string of the molecule is Fc1cc(NC2CCc3cc(Br)ccc32)cc(F)c1F. The fourth-order valence-corrected chi connectivity index (χ4v) is 2.98. The van der Waals surface area contributed by atoms with Crippen molar-refractivity contribution in [2.75, 3.05) is 5.32 Å². The zero-order valence-corrected chi connectivity index (χ0v) is 12.0. The van der Waals surface area contributed by atoms with E-state index in [0.717, 1.165) is 35.0 Å². The van der Waals surface area contributed by atoms with Crippen LogP contribution in [0.3, 0.4) is 0 Å². The molecule has 0 aromatic heterocycles. The lowest BCUT2D eigenvalue weighted by Crippen LogP contribution is -2.08. The van der Waals surface area contributed by atoms with E-state index in [1.54, 1.807) is 0 Å². The summed E-state index contributed by atoms with van der Waals surface area (Å²) < 4.78 is 40.3. The van der Waals surface area contributed by atoms with Crippen LogP contribution in [0.15, 0.2) is 34.8 Å². The standard InChI is InChI=1S/C15H11BrF3N/c16-9-2-3-11-8(5-9)1-4-14(11)20-10-6-12(17)15(19)13(18)7-10/h2-3,5-7,14,20H,1,4H2. The van der Waals surface area contributed by atoms with Gasteiger partial charge in [0.1, 0.15) is 0 Å². The maximum Gasteiger partial charge on any atom is 0.194 e. The quantitative estimate of drug-likeness (QED) is 0.760. The summed E-state index contributed by atoms with van der Waals surface area (Å²) in [6.07, 6.45) is 1.74. The molecular formula is C15H11BrF3N. The van der Waals surface area contributed by atoms with E-state index in [4.69, 9.17) is 0 Å². The number of nitrogens with one attached hydrogen (secondary N) is 1. The third-order valence-electron chi connectivity index (χ3n) is 3.51. The Morgan fingerprint density at radius 2 is 1.75 bits per heavy atom. The number of benzene rings is 2. The molecule has 1 aliphatic carbocycles. The smallest absolute Gasteiger partial charge is 0.194 e. The van der Waals surface area contributed by atoms with Crippen LogP contribution in [0, 0.1) is 17.5 Å². The summed E-state index contributed by atoms with van der Waals surface area (Å²) in [6.45, 7) is 0. The van der Waals surface area contributed by atoms with Crippen molar-refractivity contribution in [3.05, 3.63) is 63.4 Å². The van der Waals surface area contributed by atoms with Crippen molar-refractivity contribution in [1.29, 1.82) is 0 Å². The molecule has 1 unspecified atom stereocenters. The number of hydrogen-bond acceptors (Lipinski definition) is 1. The van der Waals surface area contributed by atoms with Gasteiger partial charge in [-0.2, -0.15) is 0 Å². The lowest BCUT2D eigenvalue weighted by atomic mass is 10.1. The first-order chi connectivity index (χ1) is 9.54. The van der Waals surface area contributed by atoms with Gasteiger partial charge < -0.3 is 5.32 Å². The molecule has 0 heterocycles.